The van der Waals surface area contributed by atoms with Gasteiger partial charge >= 0.3 is 0 Å². The predicted octanol–water partition coefficient (Wildman–Crippen LogP) is 2.32. The first-order valence-electron chi connectivity index (χ1n) is 8.57. The molecule has 1 atom stereocenters. The van der Waals surface area contributed by atoms with Crippen LogP contribution in [-0.4, -0.2) is 35.8 Å². The van der Waals surface area contributed by atoms with Gasteiger partial charge in [0.15, 0.2) is 15.2 Å². The third-order valence-electron chi connectivity index (χ3n) is 3.65. The van der Waals surface area contributed by atoms with Crippen molar-refractivity contribution in [1.82, 2.24) is 16.0 Å². The number of benzene rings is 1. The van der Waals surface area contributed by atoms with E-state index in [4.69, 9.17) is 9.47 Å². The van der Waals surface area contributed by atoms with Crippen LogP contribution < -0.4 is 25.4 Å². The van der Waals surface area contributed by atoms with Gasteiger partial charge in [0.2, 0.25) is 5.91 Å². The van der Waals surface area contributed by atoms with Gasteiger partial charge in [-0.05, 0) is 53.3 Å². The summed E-state index contributed by atoms with van der Waals surface area (Å²) >= 11 is 1.67. The lowest BCUT2D eigenvalue weighted by Gasteiger charge is -2.17. The summed E-state index contributed by atoms with van der Waals surface area (Å²) in [6, 6.07) is 5.19. The molecular weight excluding hydrogens is 480 g/mol. The average Bonchev–Trinajstić information content (AvgIpc) is 2.63. The Bertz CT molecular complexity index is 803. The van der Waals surface area contributed by atoms with Crippen molar-refractivity contribution >= 4 is 34.4 Å². The third kappa shape index (κ3) is 7.02. The summed E-state index contributed by atoms with van der Waals surface area (Å²) in [6.45, 7) is 3.43. The molecule has 0 aromatic heterocycles. The molecule has 0 fully saturated rings. The Balaban J connectivity index is 1.98. The lowest BCUT2D eigenvalue weighted by molar-refractivity contribution is -0.119. The fraction of sp³-hybridized carbons (Fsp3) is 0.368. The first-order valence-corrected chi connectivity index (χ1v) is 9.65. The van der Waals surface area contributed by atoms with Crippen molar-refractivity contribution in [3.63, 3.8) is 0 Å². The topological polar surface area (TPSA) is 88.7 Å². The molecule has 1 aromatic carbocycles. The summed E-state index contributed by atoms with van der Waals surface area (Å²) < 4.78 is 22.9. The Hall–Kier alpha value is -2.30. The Morgan fingerprint density at radius 2 is 2.11 bits per heavy atom. The quantitative estimate of drug-likeness (QED) is 0.375. The molecular formula is C19H23FIN3O4. The predicted molar refractivity (Wildman–Crippen MR) is 112 cm³/mol. The smallest absolute Gasteiger partial charge is 0.251 e. The largest absolute Gasteiger partial charge is 0.493 e. The molecule has 0 unspecified atom stereocenters. The van der Waals surface area contributed by atoms with Crippen LogP contribution >= 0.6 is 22.6 Å². The van der Waals surface area contributed by atoms with E-state index < -0.39 is 3.68 Å². The van der Waals surface area contributed by atoms with Crippen molar-refractivity contribution in [3.8, 4) is 11.5 Å². The molecule has 0 bridgehead atoms. The molecule has 0 aliphatic carbocycles. The highest BCUT2D eigenvalue weighted by Gasteiger charge is 2.20. The van der Waals surface area contributed by atoms with E-state index >= 15 is 0 Å². The van der Waals surface area contributed by atoms with Gasteiger partial charge in [0.1, 0.15) is 12.4 Å². The molecule has 1 heterocycles. The standard InChI is InChI=1S/C19H23FIN3O4/c1-12(25)24-17-9-14(6-7-22-17)18(26)23-10-13-4-5-15(16(8-13)27-3)28-11-19(2,20)21/h4-6,8-9,22H,7,10-11H2,1-3H3,(H,23,26)(H,24,25)/t19-/m1/s1. The average molecular weight is 503 g/mol. The summed E-state index contributed by atoms with van der Waals surface area (Å²) in [5.41, 5.74) is 1.26. The fourth-order valence-electron chi connectivity index (χ4n) is 2.39. The maximum absolute atomic E-state index is 13.6. The molecule has 1 aliphatic rings. The van der Waals surface area contributed by atoms with Crippen LogP contribution in [0.2, 0.25) is 0 Å². The lowest BCUT2D eigenvalue weighted by Crippen LogP contribution is -2.34. The third-order valence-corrected chi connectivity index (χ3v) is 3.96. The molecule has 9 heteroatoms. The first-order chi connectivity index (χ1) is 13.2. The molecule has 1 aliphatic heterocycles. The van der Waals surface area contributed by atoms with E-state index in [1.807, 2.05) is 0 Å². The van der Waals surface area contributed by atoms with Crippen LogP contribution in [0.5, 0.6) is 11.5 Å². The molecule has 2 rings (SSSR count). The zero-order valence-corrected chi connectivity index (χ0v) is 18.1. The molecule has 0 saturated heterocycles. The number of ether oxygens (including phenoxy) is 2. The van der Waals surface area contributed by atoms with Crippen molar-refractivity contribution in [2.24, 2.45) is 0 Å². The second kappa shape index (κ2) is 9.76. The second-order valence-corrected chi connectivity index (χ2v) is 8.56. The maximum atomic E-state index is 13.6. The summed E-state index contributed by atoms with van der Waals surface area (Å²) in [4.78, 5) is 23.5. The second-order valence-electron chi connectivity index (χ2n) is 6.31. The monoisotopic (exact) mass is 503 g/mol. The van der Waals surface area contributed by atoms with Gasteiger partial charge in [0, 0.05) is 25.6 Å². The van der Waals surface area contributed by atoms with Crippen LogP contribution in [0.1, 0.15) is 19.4 Å². The Kier molecular flexibility index (Phi) is 7.67. The maximum Gasteiger partial charge on any atom is 0.251 e. The number of hydrogen-bond donors (Lipinski definition) is 3. The van der Waals surface area contributed by atoms with Crippen molar-refractivity contribution < 1.29 is 23.5 Å². The number of nitrogens with one attached hydrogen (secondary N) is 3. The fourth-order valence-corrected chi connectivity index (χ4v) is 2.55. The summed E-state index contributed by atoms with van der Waals surface area (Å²) in [6.07, 6.45) is 3.31. The van der Waals surface area contributed by atoms with Crippen molar-refractivity contribution in [2.45, 2.75) is 24.1 Å². The van der Waals surface area contributed by atoms with E-state index in [9.17, 15) is 14.0 Å². The van der Waals surface area contributed by atoms with E-state index in [0.717, 1.165) is 5.56 Å². The summed E-state index contributed by atoms with van der Waals surface area (Å²) in [5.74, 6) is 0.897. The van der Waals surface area contributed by atoms with E-state index in [1.54, 1.807) is 52.9 Å². The van der Waals surface area contributed by atoms with Crippen molar-refractivity contribution in [1.29, 1.82) is 0 Å². The first kappa shape index (κ1) is 22.0. The number of amides is 2. The molecule has 0 radical (unpaired) electrons. The van der Waals surface area contributed by atoms with Crippen LogP contribution in [0, 0.1) is 0 Å². The number of rotatable bonds is 8. The zero-order valence-electron chi connectivity index (χ0n) is 15.9. The molecule has 2 amide bonds. The van der Waals surface area contributed by atoms with Crippen molar-refractivity contribution in [2.75, 3.05) is 20.3 Å². The number of methoxy groups -OCH3 is 1. The van der Waals surface area contributed by atoms with Gasteiger partial charge in [0.25, 0.3) is 5.91 Å². The van der Waals surface area contributed by atoms with E-state index in [1.165, 1.54) is 21.0 Å². The molecule has 0 saturated carbocycles. The highest BCUT2D eigenvalue weighted by Crippen LogP contribution is 2.30. The van der Waals surface area contributed by atoms with Gasteiger partial charge in [-0.3, -0.25) is 9.59 Å². The number of carbonyl (C=O) groups is 2. The highest BCUT2D eigenvalue weighted by molar-refractivity contribution is 14.1. The van der Waals surface area contributed by atoms with Crippen LogP contribution in [-0.2, 0) is 16.1 Å². The molecule has 28 heavy (non-hydrogen) atoms. The molecule has 7 nitrogen and oxygen atoms in total. The Morgan fingerprint density at radius 3 is 2.75 bits per heavy atom. The van der Waals surface area contributed by atoms with Crippen LogP contribution in [0.4, 0.5) is 4.39 Å². The summed E-state index contributed by atoms with van der Waals surface area (Å²) in [5, 5.41) is 8.40. The summed E-state index contributed by atoms with van der Waals surface area (Å²) in [7, 11) is 1.50. The number of alkyl halides is 2. The molecule has 3 N–H and O–H groups in total. The van der Waals surface area contributed by atoms with Gasteiger partial charge in [-0.1, -0.05) is 12.1 Å². The molecule has 1 aromatic rings. The Morgan fingerprint density at radius 1 is 1.36 bits per heavy atom. The van der Waals surface area contributed by atoms with Crippen molar-refractivity contribution in [3.05, 3.63) is 47.3 Å². The van der Waals surface area contributed by atoms with E-state index in [0.29, 0.717) is 29.4 Å². The van der Waals surface area contributed by atoms with Gasteiger partial charge < -0.3 is 25.4 Å². The van der Waals surface area contributed by atoms with Gasteiger partial charge in [-0.25, -0.2) is 4.39 Å². The number of dihydropyridines is 1. The van der Waals surface area contributed by atoms with Crippen LogP contribution in [0.25, 0.3) is 0 Å². The Labute approximate surface area is 176 Å². The molecule has 0 spiro atoms. The van der Waals surface area contributed by atoms with Gasteiger partial charge in [-0.2, -0.15) is 0 Å². The van der Waals surface area contributed by atoms with Gasteiger partial charge in [0.05, 0.1) is 7.11 Å². The lowest BCUT2D eigenvalue weighted by atomic mass is 10.1. The van der Waals surface area contributed by atoms with Crippen LogP contribution in [0.15, 0.2) is 41.7 Å². The van der Waals surface area contributed by atoms with E-state index in [-0.39, 0.29) is 25.0 Å². The minimum absolute atomic E-state index is 0.106. The highest BCUT2D eigenvalue weighted by atomic mass is 127. The molecule has 152 valence electrons. The van der Waals surface area contributed by atoms with E-state index in [2.05, 4.69) is 16.0 Å². The van der Waals surface area contributed by atoms with Gasteiger partial charge in [-0.15, -0.1) is 0 Å². The minimum atomic E-state index is -1.48. The number of hydrogen-bond acceptors (Lipinski definition) is 5. The number of carbonyl (C=O) groups excluding carboxylic acids is 2. The minimum Gasteiger partial charge on any atom is -0.493 e. The zero-order chi connectivity index (χ0) is 20.7. The SMILES string of the molecule is COc1cc(CNC(=O)C2=CCNC(NC(C)=O)=C2)ccc1OC[C@](C)(F)I. The normalized spacial score (nSPS) is 15.3. The van der Waals surface area contributed by atoms with Crippen LogP contribution in [0.3, 0.4) is 0 Å². The number of halogens is 2.